The summed E-state index contributed by atoms with van der Waals surface area (Å²) >= 11 is 1.22. The average molecular weight is 425 g/mol. The molecule has 1 N–H and O–H groups in total. The van der Waals surface area contributed by atoms with Crippen LogP contribution in [0.15, 0.2) is 50.4 Å². The topological polar surface area (TPSA) is 134 Å². The number of hydrazone groups is 1. The lowest BCUT2D eigenvalue weighted by Gasteiger charge is -2.19. The smallest absolute Gasteiger partial charge is 0.284 e. The maximum atomic E-state index is 12.3. The molecule has 152 valence electrons. The van der Waals surface area contributed by atoms with Gasteiger partial charge in [0, 0.05) is 0 Å². The van der Waals surface area contributed by atoms with E-state index in [1.165, 1.54) is 28.9 Å². The van der Waals surface area contributed by atoms with Crippen molar-refractivity contribution < 1.29 is 18.9 Å². The second-order valence-corrected chi connectivity index (χ2v) is 7.37. The summed E-state index contributed by atoms with van der Waals surface area (Å²) in [4.78, 5) is 27.3. The fraction of sp³-hybridized carbons (Fsp3) is 0.158. The molecule has 0 saturated carbocycles. The van der Waals surface area contributed by atoms with E-state index in [1.807, 2.05) is 0 Å². The lowest BCUT2D eigenvalue weighted by Crippen LogP contribution is -2.35. The Kier molecular flexibility index (Phi) is 4.96. The van der Waals surface area contributed by atoms with Gasteiger partial charge in [-0.05, 0) is 56.0 Å². The summed E-state index contributed by atoms with van der Waals surface area (Å²) in [5, 5.41) is 26.2. The number of fused-ring (bicyclic) bond motifs is 1. The molecule has 2 aliphatic rings. The SMILES string of the molecule is CCOc1ccc(-c2ccc(/C=C3\C(=N)N4N=C(C)SC4=NC3=O)o2)c([N+](=O)[O-])c1. The second kappa shape index (κ2) is 7.59. The number of benzene rings is 1. The van der Waals surface area contributed by atoms with Gasteiger partial charge in [0.1, 0.15) is 17.3 Å². The van der Waals surface area contributed by atoms with Gasteiger partial charge in [0.2, 0.25) is 5.17 Å². The normalized spacial score (nSPS) is 17.1. The fourth-order valence-corrected chi connectivity index (χ4v) is 3.67. The fourth-order valence-electron chi connectivity index (χ4n) is 2.93. The Morgan fingerprint density at radius 2 is 2.17 bits per heavy atom. The van der Waals surface area contributed by atoms with E-state index in [2.05, 4.69) is 10.1 Å². The molecule has 2 aliphatic heterocycles. The predicted octanol–water partition coefficient (Wildman–Crippen LogP) is 3.89. The highest BCUT2D eigenvalue weighted by Crippen LogP contribution is 2.35. The minimum atomic E-state index is -0.575. The molecule has 0 radical (unpaired) electrons. The summed E-state index contributed by atoms with van der Waals surface area (Å²) in [5.41, 5.74) is 0.124. The summed E-state index contributed by atoms with van der Waals surface area (Å²) in [7, 11) is 0. The molecule has 0 fully saturated rings. The highest BCUT2D eigenvalue weighted by Gasteiger charge is 2.34. The molecule has 0 unspecified atom stereocenters. The number of ether oxygens (including phenoxy) is 1. The van der Waals surface area contributed by atoms with E-state index in [0.717, 1.165) is 0 Å². The molecular formula is C19H15N5O5S. The number of thioether (sulfide) groups is 1. The van der Waals surface area contributed by atoms with E-state index >= 15 is 0 Å². The highest BCUT2D eigenvalue weighted by molar-refractivity contribution is 8.26. The van der Waals surface area contributed by atoms with Gasteiger partial charge in [0.15, 0.2) is 5.84 Å². The van der Waals surface area contributed by atoms with Gasteiger partial charge in [-0.1, -0.05) is 0 Å². The van der Waals surface area contributed by atoms with E-state index in [0.29, 0.717) is 22.6 Å². The van der Waals surface area contributed by atoms with Crippen LogP contribution in [0.5, 0.6) is 5.75 Å². The monoisotopic (exact) mass is 425 g/mol. The molecule has 4 rings (SSSR count). The first-order chi connectivity index (χ1) is 14.4. The second-order valence-electron chi connectivity index (χ2n) is 6.21. The third kappa shape index (κ3) is 3.50. The first kappa shape index (κ1) is 19.6. The lowest BCUT2D eigenvalue weighted by atomic mass is 10.1. The molecule has 11 heteroatoms. The Morgan fingerprint density at radius 1 is 1.37 bits per heavy atom. The zero-order valence-corrected chi connectivity index (χ0v) is 16.7. The van der Waals surface area contributed by atoms with Crippen molar-refractivity contribution in [1.29, 1.82) is 5.41 Å². The number of carbonyl (C=O) groups is 1. The maximum Gasteiger partial charge on any atom is 0.284 e. The van der Waals surface area contributed by atoms with Crippen molar-refractivity contribution in [2.75, 3.05) is 6.61 Å². The molecule has 30 heavy (non-hydrogen) atoms. The van der Waals surface area contributed by atoms with Gasteiger partial charge in [-0.15, -0.1) is 0 Å². The van der Waals surface area contributed by atoms with Gasteiger partial charge in [-0.25, -0.2) is 0 Å². The van der Waals surface area contributed by atoms with Crippen LogP contribution in [0.2, 0.25) is 0 Å². The van der Waals surface area contributed by atoms with Crippen molar-refractivity contribution in [3.05, 3.63) is 51.8 Å². The number of hydrogen-bond acceptors (Lipinski definition) is 8. The van der Waals surface area contributed by atoms with Crippen LogP contribution in [0, 0.1) is 15.5 Å². The van der Waals surface area contributed by atoms with E-state index in [-0.39, 0.29) is 34.2 Å². The number of aliphatic imine (C=N–C) groups is 1. The first-order valence-corrected chi connectivity index (χ1v) is 9.67. The van der Waals surface area contributed by atoms with Gasteiger partial charge in [-0.2, -0.15) is 15.1 Å². The van der Waals surface area contributed by atoms with E-state index in [4.69, 9.17) is 14.6 Å². The summed E-state index contributed by atoms with van der Waals surface area (Å²) in [6.07, 6.45) is 1.38. The van der Waals surface area contributed by atoms with Crippen LogP contribution in [0.25, 0.3) is 17.4 Å². The van der Waals surface area contributed by atoms with Crippen molar-refractivity contribution >= 4 is 45.5 Å². The number of amides is 1. The quantitative estimate of drug-likeness (QED) is 0.436. The Morgan fingerprint density at radius 3 is 2.90 bits per heavy atom. The number of amidine groups is 2. The van der Waals surface area contributed by atoms with Gasteiger partial charge in [-0.3, -0.25) is 20.3 Å². The number of hydrogen-bond donors (Lipinski definition) is 1. The Balaban J connectivity index is 1.68. The summed E-state index contributed by atoms with van der Waals surface area (Å²) < 4.78 is 11.0. The maximum absolute atomic E-state index is 12.3. The number of carbonyl (C=O) groups excluding carboxylic acids is 1. The average Bonchev–Trinajstić information content (AvgIpc) is 3.31. The van der Waals surface area contributed by atoms with Crippen LogP contribution in [0.3, 0.4) is 0 Å². The zero-order chi connectivity index (χ0) is 21.4. The lowest BCUT2D eigenvalue weighted by molar-refractivity contribution is -0.384. The number of nitrogens with one attached hydrogen (secondary N) is 1. The number of rotatable bonds is 5. The van der Waals surface area contributed by atoms with Gasteiger partial charge in [0.25, 0.3) is 11.6 Å². The van der Waals surface area contributed by atoms with Gasteiger partial charge >= 0.3 is 0 Å². The molecule has 2 aromatic rings. The molecule has 1 amide bonds. The standard InChI is InChI=1S/C19H15N5O5S/c1-3-28-11-4-6-13(15(9-11)24(26)27)16-7-5-12(29-16)8-14-17(20)23-19(21-18(14)25)30-10(2)22-23/h4-9,20H,3H2,1-2H3/b14-8+,20-17?. The molecule has 10 nitrogen and oxygen atoms in total. The highest BCUT2D eigenvalue weighted by atomic mass is 32.2. The van der Waals surface area contributed by atoms with Crippen LogP contribution in [0.1, 0.15) is 19.6 Å². The Bertz CT molecular complexity index is 1180. The zero-order valence-electron chi connectivity index (χ0n) is 15.9. The first-order valence-electron chi connectivity index (χ1n) is 8.85. The molecule has 0 bridgehead atoms. The van der Waals surface area contributed by atoms with Crippen molar-refractivity contribution in [1.82, 2.24) is 5.01 Å². The minimum Gasteiger partial charge on any atom is -0.494 e. The number of nitrogens with zero attached hydrogens (tertiary/aromatic N) is 4. The van der Waals surface area contributed by atoms with Crippen LogP contribution < -0.4 is 4.74 Å². The Labute approximate surface area is 174 Å². The van der Waals surface area contributed by atoms with E-state index in [1.54, 1.807) is 38.1 Å². The molecule has 0 aliphatic carbocycles. The molecule has 0 saturated heterocycles. The number of furan rings is 1. The summed E-state index contributed by atoms with van der Waals surface area (Å²) in [6.45, 7) is 3.93. The van der Waals surface area contributed by atoms with Crippen molar-refractivity contribution in [2.45, 2.75) is 13.8 Å². The molecular weight excluding hydrogens is 410 g/mol. The molecule has 1 aromatic heterocycles. The number of nitro benzene ring substituents is 1. The van der Waals surface area contributed by atoms with Gasteiger partial charge in [0.05, 0.1) is 33.8 Å². The molecule has 0 atom stereocenters. The van der Waals surface area contributed by atoms with Crippen molar-refractivity contribution in [3.63, 3.8) is 0 Å². The van der Waals surface area contributed by atoms with Crippen LogP contribution in [-0.4, -0.2) is 38.5 Å². The van der Waals surface area contributed by atoms with Crippen LogP contribution >= 0.6 is 11.8 Å². The van der Waals surface area contributed by atoms with Crippen molar-refractivity contribution in [2.24, 2.45) is 10.1 Å². The van der Waals surface area contributed by atoms with Crippen molar-refractivity contribution in [3.8, 4) is 17.1 Å². The number of nitro groups is 1. The molecule has 3 heterocycles. The van der Waals surface area contributed by atoms with Crippen LogP contribution in [0.4, 0.5) is 5.69 Å². The summed E-state index contributed by atoms with van der Waals surface area (Å²) in [6, 6.07) is 7.63. The Hall–Kier alpha value is -3.73. The third-order valence-electron chi connectivity index (χ3n) is 4.21. The van der Waals surface area contributed by atoms with Crippen LogP contribution in [-0.2, 0) is 4.79 Å². The van der Waals surface area contributed by atoms with E-state index in [9.17, 15) is 14.9 Å². The van der Waals surface area contributed by atoms with Gasteiger partial charge < -0.3 is 9.15 Å². The van der Waals surface area contributed by atoms with E-state index < -0.39 is 10.8 Å². The minimum absolute atomic E-state index is 0.0138. The molecule has 1 aromatic carbocycles. The largest absolute Gasteiger partial charge is 0.494 e. The predicted molar refractivity (Wildman–Crippen MR) is 113 cm³/mol. The summed E-state index contributed by atoms with van der Waals surface area (Å²) in [5.74, 6) is 0.206. The third-order valence-corrected chi connectivity index (χ3v) is 5.04. The molecule has 0 spiro atoms.